The van der Waals surface area contributed by atoms with Crippen LogP contribution in [0.1, 0.15) is 63.3 Å². The molecule has 2 unspecified atom stereocenters. The van der Waals surface area contributed by atoms with Crippen LogP contribution in [0.3, 0.4) is 0 Å². The molecule has 0 aliphatic heterocycles. The molecule has 182 valence electrons. The molecule has 2 N–H and O–H groups in total. The molecule has 0 aromatic heterocycles. The van der Waals surface area contributed by atoms with E-state index in [1.807, 2.05) is 32.0 Å². The maximum atomic E-state index is 13.5. The van der Waals surface area contributed by atoms with Crippen LogP contribution in [0.4, 0.5) is 4.79 Å². The molecule has 0 spiro atoms. The summed E-state index contributed by atoms with van der Waals surface area (Å²) in [6, 6.07) is 3.66. The maximum absolute atomic E-state index is 13.5. The van der Waals surface area contributed by atoms with E-state index in [0.717, 1.165) is 24.0 Å². The first-order valence-corrected chi connectivity index (χ1v) is 11.1. The van der Waals surface area contributed by atoms with E-state index in [1.165, 1.54) is 12.0 Å². The Hall–Kier alpha value is -3.10. The largest absolute Gasteiger partial charge is 0.468 e. The Labute approximate surface area is 195 Å². The van der Waals surface area contributed by atoms with Crippen molar-refractivity contribution in [1.82, 2.24) is 15.5 Å². The van der Waals surface area contributed by atoms with Gasteiger partial charge in [-0.15, -0.1) is 0 Å². The van der Waals surface area contributed by atoms with Gasteiger partial charge in [0, 0.05) is 6.04 Å². The molecule has 0 heterocycles. The molecular weight excluding hydrogens is 426 g/mol. The molecule has 0 saturated heterocycles. The lowest BCUT2D eigenvalue weighted by Gasteiger charge is -2.34. The average molecular weight is 462 g/mol. The van der Waals surface area contributed by atoms with Crippen molar-refractivity contribution in [2.45, 2.75) is 78.1 Å². The summed E-state index contributed by atoms with van der Waals surface area (Å²) in [5.74, 6) is -1.48. The number of carbonyl (C=O) groups is 4. The van der Waals surface area contributed by atoms with Crippen molar-refractivity contribution < 1.29 is 28.7 Å². The highest BCUT2D eigenvalue weighted by Gasteiger charge is 2.43. The van der Waals surface area contributed by atoms with Gasteiger partial charge in [0.25, 0.3) is 0 Å². The summed E-state index contributed by atoms with van der Waals surface area (Å²) in [6.07, 6.45) is 0.782. The number of carbonyl (C=O) groups excluding carboxylic acids is 4. The molecule has 1 aliphatic carbocycles. The van der Waals surface area contributed by atoms with E-state index >= 15 is 0 Å². The van der Waals surface area contributed by atoms with Crippen LogP contribution in [-0.4, -0.2) is 60.1 Å². The second-order valence-corrected chi connectivity index (χ2v) is 9.46. The fourth-order valence-corrected chi connectivity index (χ4v) is 3.57. The van der Waals surface area contributed by atoms with Crippen molar-refractivity contribution >= 4 is 23.9 Å². The Morgan fingerprint density at radius 2 is 1.67 bits per heavy atom. The molecule has 1 aromatic carbocycles. The molecule has 3 amide bonds. The van der Waals surface area contributed by atoms with Gasteiger partial charge in [-0.3, -0.25) is 14.4 Å². The average Bonchev–Trinajstić information content (AvgIpc) is 3.51. The Morgan fingerprint density at radius 1 is 1.09 bits per heavy atom. The third kappa shape index (κ3) is 7.76. The lowest BCUT2D eigenvalue weighted by atomic mass is 9.98. The zero-order valence-corrected chi connectivity index (χ0v) is 20.5. The van der Waals surface area contributed by atoms with Crippen LogP contribution < -0.4 is 10.6 Å². The topological polar surface area (TPSA) is 114 Å². The standard InChI is InChI=1S/C24H35N3O6/c1-14-10-15(2)12-17(11-14)20(21(29)25-13-19(28)32-7)27(18-8-9-18)22(30)16(3)26-23(31)33-24(4,5)6/h10-12,16,18,20H,8-9,13H2,1-7H3,(H,25,29)(H,26,31). The molecule has 1 fully saturated rings. The Bertz CT molecular complexity index is 884. The third-order valence-electron chi connectivity index (χ3n) is 5.02. The highest BCUT2D eigenvalue weighted by molar-refractivity contribution is 5.93. The molecule has 0 radical (unpaired) electrons. The summed E-state index contributed by atoms with van der Waals surface area (Å²) in [5, 5.41) is 5.15. The van der Waals surface area contributed by atoms with Gasteiger partial charge >= 0.3 is 12.1 Å². The molecule has 9 nitrogen and oxygen atoms in total. The normalized spacial score (nSPS) is 15.1. The first-order valence-electron chi connectivity index (χ1n) is 11.1. The van der Waals surface area contributed by atoms with Gasteiger partial charge < -0.3 is 25.0 Å². The summed E-state index contributed by atoms with van der Waals surface area (Å²) in [5.41, 5.74) is 1.82. The van der Waals surface area contributed by atoms with Gasteiger partial charge in [0.2, 0.25) is 11.8 Å². The summed E-state index contributed by atoms with van der Waals surface area (Å²) >= 11 is 0. The molecule has 33 heavy (non-hydrogen) atoms. The zero-order chi connectivity index (χ0) is 24.9. The van der Waals surface area contributed by atoms with Gasteiger partial charge in [0.05, 0.1) is 7.11 Å². The molecule has 2 atom stereocenters. The number of amides is 3. The van der Waals surface area contributed by atoms with Gasteiger partial charge in [0.1, 0.15) is 24.2 Å². The molecule has 0 bridgehead atoms. The van der Waals surface area contributed by atoms with Crippen molar-refractivity contribution in [1.29, 1.82) is 0 Å². The summed E-state index contributed by atoms with van der Waals surface area (Å²) in [6.45, 7) is 10.3. The smallest absolute Gasteiger partial charge is 0.408 e. The fraction of sp³-hybridized carbons (Fsp3) is 0.583. The van der Waals surface area contributed by atoms with Crippen LogP contribution in [-0.2, 0) is 23.9 Å². The van der Waals surface area contributed by atoms with Crippen LogP contribution in [0.5, 0.6) is 0 Å². The van der Waals surface area contributed by atoms with Gasteiger partial charge in [-0.25, -0.2) is 4.79 Å². The van der Waals surface area contributed by atoms with Gasteiger partial charge in [-0.2, -0.15) is 0 Å². The fourth-order valence-electron chi connectivity index (χ4n) is 3.57. The lowest BCUT2D eigenvalue weighted by Crippen LogP contribution is -2.53. The van der Waals surface area contributed by atoms with E-state index in [2.05, 4.69) is 15.4 Å². The van der Waals surface area contributed by atoms with Crippen molar-refractivity contribution in [2.24, 2.45) is 0 Å². The molecule has 9 heteroatoms. The van der Waals surface area contributed by atoms with E-state index in [4.69, 9.17) is 4.74 Å². The van der Waals surface area contributed by atoms with Crippen LogP contribution in [0.25, 0.3) is 0 Å². The van der Waals surface area contributed by atoms with Crippen molar-refractivity contribution in [3.63, 3.8) is 0 Å². The highest BCUT2D eigenvalue weighted by Crippen LogP contribution is 2.36. The Kier molecular flexibility index (Phi) is 8.46. The maximum Gasteiger partial charge on any atom is 0.408 e. The molecule has 1 aromatic rings. The van der Waals surface area contributed by atoms with Gasteiger partial charge in [0.15, 0.2) is 0 Å². The first-order chi connectivity index (χ1) is 15.3. The van der Waals surface area contributed by atoms with E-state index < -0.39 is 41.6 Å². The van der Waals surface area contributed by atoms with Gasteiger partial charge in [-0.1, -0.05) is 29.3 Å². The molecule has 2 rings (SSSR count). The quantitative estimate of drug-likeness (QED) is 0.575. The van der Waals surface area contributed by atoms with E-state index in [-0.39, 0.29) is 12.6 Å². The lowest BCUT2D eigenvalue weighted by molar-refractivity contribution is -0.145. The minimum absolute atomic E-state index is 0.143. The Morgan fingerprint density at radius 3 is 2.15 bits per heavy atom. The number of hydrogen-bond donors (Lipinski definition) is 2. The zero-order valence-electron chi connectivity index (χ0n) is 20.5. The minimum atomic E-state index is -0.962. The second kappa shape index (κ2) is 10.7. The number of rotatable bonds is 8. The number of aryl methyl sites for hydroxylation is 2. The summed E-state index contributed by atoms with van der Waals surface area (Å²) < 4.78 is 9.88. The third-order valence-corrected chi connectivity index (χ3v) is 5.02. The predicted molar refractivity (Wildman–Crippen MR) is 122 cm³/mol. The minimum Gasteiger partial charge on any atom is -0.468 e. The number of hydrogen-bond acceptors (Lipinski definition) is 6. The van der Waals surface area contributed by atoms with E-state index in [0.29, 0.717) is 5.56 Å². The summed E-state index contributed by atoms with van der Waals surface area (Å²) in [7, 11) is 1.24. The van der Waals surface area contributed by atoms with E-state index in [1.54, 1.807) is 27.7 Å². The first kappa shape index (κ1) is 26.2. The number of nitrogens with one attached hydrogen (secondary N) is 2. The second-order valence-electron chi connectivity index (χ2n) is 9.46. The van der Waals surface area contributed by atoms with Crippen LogP contribution in [0.15, 0.2) is 18.2 Å². The van der Waals surface area contributed by atoms with Gasteiger partial charge in [-0.05, 0) is 59.9 Å². The molecule has 1 aliphatic rings. The van der Waals surface area contributed by atoms with Crippen LogP contribution >= 0.6 is 0 Å². The summed E-state index contributed by atoms with van der Waals surface area (Å²) in [4.78, 5) is 52.1. The number of alkyl carbamates (subject to hydrolysis) is 1. The van der Waals surface area contributed by atoms with Crippen LogP contribution in [0.2, 0.25) is 0 Å². The number of ether oxygens (including phenoxy) is 2. The molecular formula is C24H35N3O6. The number of esters is 1. The van der Waals surface area contributed by atoms with E-state index in [9.17, 15) is 19.2 Å². The number of methoxy groups -OCH3 is 1. The Balaban J connectivity index is 2.36. The number of nitrogens with zero attached hydrogens (tertiary/aromatic N) is 1. The van der Waals surface area contributed by atoms with Crippen molar-refractivity contribution in [3.05, 3.63) is 34.9 Å². The van der Waals surface area contributed by atoms with Crippen molar-refractivity contribution in [2.75, 3.05) is 13.7 Å². The number of benzene rings is 1. The monoisotopic (exact) mass is 461 g/mol. The highest BCUT2D eigenvalue weighted by atomic mass is 16.6. The molecule has 1 saturated carbocycles. The van der Waals surface area contributed by atoms with Crippen LogP contribution in [0, 0.1) is 13.8 Å². The SMILES string of the molecule is COC(=O)CNC(=O)C(c1cc(C)cc(C)c1)N(C(=O)C(C)NC(=O)OC(C)(C)C)C1CC1. The predicted octanol–water partition coefficient (Wildman–Crippen LogP) is 2.54. The van der Waals surface area contributed by atoms with Crippen molar-refractivity contribution in [3.8, 4) is 0 Å².